The van der Waals surface area contributed by atoms with Crippen molar-refractivity contribution in [1.82, 2.24) is 5.32 Å². The monoisotopic (exact) mass is 427 g/mol. The molecule has 0 spiro atoms. The molecule has 0 bridgehead atoms. The van der Waals surface area contributed by atoms with E-state index in [0.29, 0.717) is 12.8 Å². The first kappa shape index (κ1) is 22.1. The first-order chi connectivity index (χ1) is 14.3. The van der Waals surface area contributed by atoms with Crippen LogP contribution in [0.3, 0.4) is 0 Å². The quantitative estimate of drug-likeness (QED) is 0.288. The highest BCUT2D eigenvalue weighted by atomic mass is 32.2. The number of fused-ring (bicyclic) bond motifs is 5. The summed E-state index contributed by atoms with van der Waals surface area (Å²) in [5.74, 6) is 0. The number of hydrogen-bond donors (Lipinski definition) is 4. The van der Waals surface area contributed by atoms with Gasteiger partial charge in [-0.3, -0.25) is 4.55 Å². The predicted molar refractivity (Wildman–Crippen MR) is 121 cm³/mol. The van der Waals surface area contributed by atoms with Crippen molar-refractivity contribution in [3.8, 4) is 0 Å². The molecule has 0 saturated heterocycles. The Morgan fingerprint density at radius 3 is 1.97 bits per heavy atom. The van der Waals surface area contributed by atoms with Crippen molar-refractivity contribution in [2.75, 3.05) is 19.5 Å². The van der Waals surface area contributed by atoms with E-state index in [4.69, 9.17) is 4.55 Å². The summed E-state index contributed by atoms with van der Waals surface area (Å²) in [6.07, 6.45) is 0.715. The molecule has 0 aliphatic rings. The molecule has 0 heterocycles. The third kappa shape index (κ3) is 5.33. The standard InChI is InChI=1S/C22H21NO2.CH4O3S/c24-13-17(14-25)23-12-16-11-22-18-6-2-1-5-15(18)9-10-21(22)20-8-4-3-7-19(16)20;1-5(2,3)4/h1-11,17,23-25H,12-14H2;1H3,(H,2,3,4). The third-order valence-corrected chi connectivity index (χ3v) is 4.87. The average molecular weight is 428 g/mol. The van der Waals surface area contributed by atoms with Gasteiger partial charge in [-0.2, -0.15) is 8.42 Å². The Balaban J connectivity index is 0.000000461. The molecule has 158 valence electrons. The highest BCUT2D eigenvalue weighted by Gasteiger charge is 2.11. The second-order valence-corrected chi connectivity index (χ2v) is 8.61. The van der Waals surface area contributed by atoms with Crippen molar-refractivity contribution in [3.63, 3.8) is 0 Å². The lowest BCUT2D eigenvalue weighted by Crippen LogP contribution is -2.35. The predicted octanol–water partition coefficient (Wildman–Crippen LogP) is 3.09. The molecule has 0 saturated carbocycles. The highest BCUT2D eigenvalue weighted by Crippen LogP contribution is 2.33. The summed E-state index contributed by atoms with van der Waals surface area (Å²) in [5, 5.41) is 29.2. The minimum atomic E-state index is -3.67. The summed E-state index contributed by atoms with van der Waals surface area (Å²) >= 11 is 0. The smallest absolute Gasteiger partial charge is 0.261 e. The summed E-state index contributed by atoms with van der Waals surface area (Å²) in [6, 6.07) is 23.1. The van der Waals surface area contributed by atoms with E-state index in [1.54, 1.807) is 0 Å². The largest absolute Gasteiger partial charge is 0.395 e. The SMILES string of the molecule is CS(=O)(=O)O.OCC(CO)NCc1cc2c3ccccc3ccc2c2ccccc12. The van der Waals surface area contributed by atoms with Gasteiger partial charge in [0, 0.05) is 6.54 Å². The van der Waals surface area contributed by atoms with Gasteiger partial charge in [0.25, 0.3) is 10.1 Å². The van der Waals surface area contributed by atoms with E-state index < -0.39 is 10.1 Å². The number of aliphatic hydroxyl groups excluding tert-OH is 2. The normalized spacial score (nSPS) is 11.8. The first-order valence-electron chi connectivity index (χ1n) is 9.51. The number of hydrogen-bond acceptors (Lipinski definition) is 5. The zero-order chi connectivity index (χ0) is 21.7. The molecule has 0 aromatic heterocycles. The van der Waals surface area contributed by atoms with E-state index in [9.17, 15) is 18.6 Å². The molecule has 6 nitrogen and oxygen atoms in total. The van der Waals surface area contributed by atoms with Crippen LogP contribution in [0, 0.1) is 0 Å². The van der Waals surface area contributed by atoms with Gasteiger partial charge in [0.05, 0.1) is 25.5 Å². The van der Waals surface area contributed by atoms with Crippen molar-refractivity contribution >= 4 is 42.4 Å². The molecule has 0 atom stereocenters. The van der Waals surface area contributed by atoms with Crippen LogP contribution in [0.5, 0.6) is 0 Å². The second kappa shape index (κ2) is 9.51. The van der Waals surface area contributed by atoms with Crippen LogP contribution in [-0.4, -0.2) is 48.7 Å². The maximum absolute atomic E-state index is 9.31. The Labute approximate surface area is 175 Å². The summed E-state index contributed by atoms with van der Waals surface area (Å²) in [5.41, 5.74) is 1.17. The lowest BCUT2D eigenvalue weighted by molar-refractivity contribution is 0.170. The molecule has 0 amide bonds. The van der Waals surface area contributed by atoms with Gasteiger partial charge in [-0.15, -0.1) is 0 Å². The molecule has 30 heavy (non-hydrogen) atoms. The van der Waals surface area contributed by atoms with Crippen LogP contribution in [0.1, 0.15) is 5.56 Å². The lowest BCUT2D eigenvalue weighted by atomic mass is 9.93. The van der Waals surface area contributed by atoms with Gasteiger partial charge in [0.2, 0.25) is 0 Å². The van der Waals surface area contributed by atoms with Crippen LogP contribution >= 0.6 is 0 Å². The molecular weight excluding hydrogens is 402 g/mol. The Kier molecular flexibility index (Phi) is 7.02. The number of benzene rings is 4. The summed E-state index contributed by atoms with van der Waals surface area (Å²) in [4.78, 5) is 0. The Hall–Kier alpha value is -2.55. The van der Waals surface area contributed by atoms with Crippen molar-refractivity contribution in [2.45, 2.75) is 12.6 Å². The molecule has 7 heteroatoms. The molecule has 4 N–H and O–H groups in total. The van der Waals surface area contributed by atoms with Gasteiger partial charge in [-0.1, -0.05) is 60.7 Å². The number of rotatable bonds is 5. The molecule has 4 aromatic carbocycles. The summed E-state index contributed by atoms with van der Waals surface area (Å²) < 4.78 is 25.9. The molecule has 0 radical (unpaired) electrons. The van der Waals surface area contributed by atoms with E-state index in [-0.39, 0.29) is 19.3 Å². The zero-order valence-electron chi connectivity index (χ0n) is 16.6. The van der Waals surface area contributed by atoms with Gasteiger partial charge in [-0.25, -0.2) is 0 Å². The van der Waals surface area contributed by atoms with Crippen LogP contribution in [0.4, 0.5) is 0 Å². The molecular formula is C23H25NO5S. The minimum Gasteiger partial charge on any atom is -0.395 e. The first-order valence-corrected chi connectivity index (χ1v) is 11.4. The Morgan fingerprint density at radius 2 is 1.33 bits per heavy atom. The zero-order valence-corrected chi connectivity index (χ0v) is 17.4. The van der Waals surface area contributed by atoms with Crippen LogP contribution in [0.15, 0.2) is 66.7 Å². The highest BCUT2D eigenvalue weighted by molar-refractivity contribution is 7.85. The van der Waals surface area contributed by atoms with Crippen molar-refractivity contribution in [3.05, 3.63) is 72.3 Å². The molecule has 0 aliphatic carbocycles. The average Bonchev–Trinajstić information content (AvgIpc) is 2.73. The minimum absolute atomic E-state index is 0.0784. The van der Waals surface area contributed by atoms with Crippen molar-refractivity contribution in [2.24, 2.45) is 0 Å². The second-order valence-electron chi connectivity index (χ2n) is 7.14. The molecule has 0 aliphatic heterocycles. The van der Waals surface area contributed by atoms with Crippen LogP contribution in [0.2, 0.25) is 0 Å². The van der Waals surface area contributed by atoms with Gasteiger partial charge in [0.1, 0.15) is 0 Å². The van der Waals surface area contributed by atoms with Gasteiger partial charge in [-0.05, 0) is 43.9 Å². The summed E-state index contributed by atoms with van der Waals surface area (Å²) in [6.45, 7) is 0.446. The van der Waals surface area contributed by atoms with Gasteiger partial charge in [0.15, 0.2) is 0 Å². The number of nitrogens with one attached hydrogen (secondary N) is 1. The van der Waals surface area contributed by atoms with E-state index >= 15 is 0 Å². The lowest BCUT2D eigenvalue weighted by Gasteiger charge is -2.16. The molecule has 4 aromatic rings. The maximum Gasteiger partial charge on any atom is 0.261 e. The van der Waals surface area contributed by atoms with E-state index in [0.717, 1.165) is 0 Å². The number of aliphatic hydroxyl groups is 2. The van der Waals surface area contributed by atoms with E-state index in [1.807, 2.05) is 6.07 Å². The fraction of sp³-hybridized carbons (Fsp3) is 0.217. The van der Waals surface area contributed by atoms with E-state index in [1.165, 1.54) is 37.9 Å². The van der Waals surface area contributed by atoms with Crippen LogP contribution < -0.4 is 5.32 Å². The topological polar surface area (TPSA) is 107 Å². The summed E-state index contributed by atoms with van der Waals surface area (Å²) in [7, 11) is -3.67. The van der Waals surface area contributed by atoms with Crippen molar-refractivity contribution < 1.29 is 23.2 Å². The van der Waals surface area contributed by atoms with Crippen molar-refractivity contribution in [1.29, 1.82) is 0 Å². The van der Waals surface area contributed by atoms with E-state index in [2.05, 4.69) is 66.0 Å². The Bertz CT molecular complexity index is 1260. The fourth-order valence-corrected chi connectivity index (χ4v) is 3.52. The van der Waals surface area contributed by atoms with Crippen LogP contribution in [0.25, 0.3) is 32.3 Å². The van der Waals surface area contributed by atoms with Gasteiger partial charge >= 0.3 is 0 Å². The maximum atomic E-state index is 9.31. The molecule has 0 fully saturated rings. The van der Waals surface area contributed by atoms with Crippen LogP contribution in [-0.2, 0) is 16.7 Å². The Morgan fingerprint density at radius 1 is 0.800 bits per heavy atom. The van der Waals surface area contributed by atoms with Gasteiger partial charge < -0.3 is 15.5 Å². The fourth-order valence-electron chi connectivity index (χ4n) is 3.52. The molecule has 4 rings (SSSR count). The third-order valence-electron chi connectivity index (χ3n) is 4.87. The molecule has 0 unspecified atom stereocenters.